The molecular formula is C16H16BrO3P. The molecule has 0 aliphatic carbocycles. The predicted molar refractivity (Wildman–Crippen MR) is 88.8 cm³/mol. The molecule has 2 aromatic rings. The van der Waals surface area contributed by atoms with Crippen LogP contribution in [-0.2, 0) is 9.90 Å². The van der Waals surface area contributed by atoms with Gasteiger partial charge in [-0.25, -0.2) is 0 Å². The van der Waals surface area contributed by atoms with Crippen molar-refractivity contribution in [1.29, 1.82) is 0 Å². The van der Waals surface area contributed by atoms with Gasteiger partial charge in [0.25, 0.3) is 12.9 Å². The van der Waals surface area contributed by atoms with Crippen molar-refractivity contribution in [3.05, 3.63) is 64.7 Å². The molecule has 0 fully saturated rings. The second kappa shape index (κ2) is 6.27. The first-order valence-electron chi connectivity index (χ1n) is 6.47. The maximum atomic E-state index is 12.6. The van der Waals surface area contributed by atoms with Crippen molar-refractivity contribution in [3.63, 3.8) is 0 Å². The average Bonchev–Trinajstić information content (AvgIpc) is 2.47. The maximum absolute atomic E-state index is 12.6. The fourth-order valence-electron chi connectivity index (χ4n) is 2.37. The summed E-state index contributed by atoms with van der Waals surface area (Å²) in [5.74, 6) is 0. The van der Waals surface area contributed by atoms with Gasteiger partial charge >= 0.3 is 0 Å². The van der Waals surface area contributed by atoms with Crippen LogP contribution in [0, 0.1) is 13.8 Å². The third-order valence-corrected chi connectivity index (χ3v) is 5.76. The summed E-state index contributed by atoms with van der Waals surface area (Å²) in [7, 11) is -4.09. The number of benzene rings is 2. The smallest absolute Gasteiger partial charge is 0.298 e. The highest BCUT2D eigenvalue weighted by molar-refractivity contribution is 9.08. The van der Waals surface area contributed by atoms with Crippen molar-refractivity contribution in [2.24, 2.45) is 0 Å². The lowest BCUT2D eigenvalue weighted by molar-refractivity contribution is 0.106. The second-order valence-electron chi connectivity index (χ2n) is 4.95. The molecule has 1 atom stereocenters. The third kappa shape index (κ3) is 3.18. The van der Waals surface area contributed by atoms with Crippen molar-refractivity contribution in [1.82, 2.24) is 0 Å². The van der Waals surface area contributed by atoms with E-state index in [4.69, 9.17) is 0 Å². The van der Waals surface area contributed by atoms with Crippen LogP contribution in [0.25, 0.3) is 0 Å². The lowest BCUT2D eigenvalue weighted by Crippen LogP contribution is -2.14. The SMILES string of the molecule is Cc1cc(CBr)cc(C)c1C(=O)P(=O)(O)c1ccccc1. The van der Waals surface area contributed by atoms with Crippen molar-refractivity contribution in [3.8, 4) is 0 Å². The zero-order valence-corrected chi connectivity index (χ0v) is 14.3. The normalized spacial score (nSPS) is 13.7. The van der Waals surface area contributed by atoms with E-state index in [1.165, 1.54) is 12.1 Å². The quantitative estimate of drug-likeness (QED) is 0.658. The predicted octanol–water partition coefficient (Wildman–Crippen LogP) is 3.93. The fourth-order valence-corrected chi connectivity index (χ4v) is 4.16. The lowest BCUT2D eigenvalue weighted by Gasteiger charge is -2.15. The molecule has 0 aliphatic rings. The molecule has 0 radical (unpaired) electrons. The molecule has 5 heteroatoms. The summed E-state index contributed by atoms with van der Waals surface area (Å²) in [6.07, 6.45) is 0. The number of aryl methyl sites for hydroxylation is 2. The number of rotatable bonds is 4. The first-order valence-corrected chi connectivity index (χ1v) is 9.25. The Morgan fingerprint density at radius 1 is 1.14 bits per heavy atom. The Labute approximate surface area is 132 Å². The molecule has 3 nitrogen and oxygen atoms in total. The first-order chi connectivity index (χ1) is 9.87. The van der Waals surface area contributed by atoms with Gasteiger partial charge in [-0.2, -0.15) is 0 Å². The molecule has 2 aromatic carbocycles. The van der Waals surface area contributed by atoms with E-state index in [0.29, 0.717) is 10.9 Å². The zero-order valence-electron chi connectivity index (χ0n) is 11.8. The van der Waals surface area contributed by atoms with Gasteiger partial charge in [0.05, 0.1) is 0 Å². The molecule has 0 saturated carbocycles. The van der Waals surface area contributed by atoms with E-state index in [-0.39, 0.29) is 5.30 Å². The molecule has 0 heterocycles. The molecule has 1 unspecified atom stereocenters. The monoisotopic (exact) mass is 366 g/mol. The van der Waals surface area contributed by atoms with Gasteiger partial charge in [-0.1, -0.05) is 46.3 Å². The van der Waals surface area contributed by atoms with E-state index in [2.05, 4.69) is 15.9 Å². The highest BCUT2D eigenvalue weighted by Crippen LogP contribution is 2.44. The number of carbonyl (C=O) groups is 1. The minimum absolute atomic E-state index is 0.165. The minimum atomic E-state index is -4.09. The van der Waals surface area contributed by atoms with Crippen molar-refractivity contribution in [2.45, 2.75) is 19.2 Å². The van der Waals surface area contributed by atoms with E-state index in [0.717, 1.165) is 16.7 Å². The molecule has 1 N–H and O–H groups in total. The average molecular weight is 367 g/mol. The summed E-state index contributed by atoms with van der Waals surface area (Å²) < 4.78 is 12.6. The zero-order chi connectivity index (χ0) is 15.6. The number of hydrogen-bond acceptors (Lipinski definition) is 2. The van der Waals surface area contributed by atoms with E-state index < -0.39 is 12.9 Å². The highest BCUT2D eigenvalue weighted by Gasteiger charge is 2.34. The summed E-state index contributed by atoms with van der Waals surface area (Å²) in [6, 6.07) is 11.8. The van der Waals surface area contributed by atoms with Crippen LogP contribution in [0.1, 0.15) is 27.0 Å². The van der Waals surface area contributed by atoms with Crippen molar-refractivity contribution in [2.75, 3.05) is 0 Å². The minimum Gasteiger partial charge on any atom is -0.336 e. The Bertz CT molecular complexity index is 703. The van der Waals surface area contributed by atoms with Crippen LogP contribution >= 0.6 is 23.3 Å². The molecule has 0 aromatic heterocycles. The molecule has 21 heavy (non-hydrogen) atoms. The number of hydrogen-bond donors (Lipinski definition) is 1. The van der Waals surface area contributed by atoms with Gasteiger partial charge in [0.15, 0.2) is 0 Å². The van der Waals surface area contributed by atoms with E-state index in [1.807, 2.05) is 12.1 Å². The van der Waals surface area contributed by atoms with Crippen LogP contribution in [0.2, 0.25) is 0 Å². The topological polar surface area (TPSA) is 54.4 Å². The molecule has 110 valence electrons. The van der Waals surface area contributed by atoms with Crippen LogP contribution in [0.5, 0.6) is 0 Å². The highest BCUT2D eigenvalue weighted by atomic mass is 79.9. The van der Waals surface area contributed by atoms with Crippen LogP contribution in [0.3, 0.4) is 0 Å². The summed E-state index contributed by atoms with van der Waals surface area (Å²) in [5.41, 5.74) is 2.12. The third-order valence-electron chi connectivity index (χ3n) is 3.34. The number of carbonyl (C=O) groups excluding carboxylic acids is 1. The maximum Gasteiger partial charge on any atom is 0.298 e. The van der Waals surface area contributed by atoms with Crippen LogP contribution in [0.15, 0.2) is 42.5 Å². The molecule has 0 bridgehead atoms. The van der Waals surface area contributed by atoms with Gasteiger partial charge < -0.3 is 4.89 Å². The van der Waals surface area contributed by atoms with Crippen LogP contribution in [0.4, 0.5) is 0 Å². The summed E-state index contributed by atoms with van der Waals surface area (Å²) in [5, 5.41) is 0.844. The number of alkyl halides is 1. The summed E-state index contributed by atoms with van der Waals surface area (Å²) >= 11 is 3.37. The molecule has 0 saturated heterocycles. The van der Waals surface area contributed by atoms with E-state index >= 15 is 0 Å². The van der Waals surface area contributed by atoms with Gasteiger partial charge in [-0.3, -0.25) is 9.36 Å². The van der Waals surface area contributed by atoms with Gasteiger partial charge in [-0.05, 0) is 42.7 Å². The molecule has 2 rings (SSSR count). The Morgan fingerprint density at radius 3 is 2.14 bits per heavy atom. The Morgan fingerprint density at radius 2 is 1.67 bits per heavy atom. The number of halogens is 1. The standard InChI is InChI=1S/C16H16BrO3P/c1-11-8-13(10-17)9-12(2)15(11)16(18)21(19,20)14-6-4-3-5-7-14/h3-9H,10H2,1-2H3,(H,19,20). The first kappa shape index (κ1) is 16.2. The molecule has 0 spiro atoms. The van der Waals surface area contributed by atoms with Crippen molar-refractivity contribution < 1.29 is 14.3 Å². The van der Waals surface area contributed by atoms with Crippen LogP contribution in [-0.4, -0.2) is 10.4 Å². The fraction of sp³-hybridized carbons (Fsp3) is 0.188. The second-order valence-corrected chi connectivity index (χ2v) is 7.59. The van der Waals surface area contributed by atoms with E-state index in [1.54, 1.807) is 32.0 Å². The van der Waals surface area contributed by atoms with Gasteiger partial charge in [-0.15, -0.1) is 0 Å². The molecule has 0 amide bonds. The summed E-state index contributed by atoms with van der Waals surface area (Å²) in [4.78, 5) is 22.9. The van der Waals surface area contributed by atoms with Gasteiger partial charge in [0.1, 0.15) is 0 Å². The summed E-state index contributed by atoms with van der Waals surface area (Å²) in [6.45, 7) is 3.58. The van der Waals surface area contributed by atoms with Gasteiger partial charge in [0, 0.05) is 16.2 Å². The van der Waals surface area contributed by atoms with Crippen molar-refractivity contribution >= 4 is 34.1 Å². The Balaban J connectivity index is 2.53. The van der Waals surface area contributed by atoms with Gasteiger partial charge in [0.2, 0.25) is 0 Å². The Hall–Kier alpha value is -1.22. The molecule has 0 aliphatic heterocycles. The van der Waals surface area contributed by atoms with Crippen LogP contribution < -0.4 is 5.30 Å². The molecular weight excluding hydrogens is 351 g/mol. The largest absolute Gasteiger partial charge is 0.336 e. The Kier molecular flexibility index (Phi) is 4.82. The van der Waals surface area contributed by atoms with E-state index in [9.17, 15) is 14.3 Å². The lowest BCUT2D eigenvalue weighted by atomic mass is 10.0.